The van der Waals surface area contributed by atoms with Crippen LogP contribution < -0.4 is 0 Å². The van der Waals surface area contributed by atoms with Crippen molar-refractivity contribution in [2.24, 2.45) is 0 Å². The molecule has 818 valence electrons. The standard InChI is InChI=1S/C108H134O42/c1-15-16-52-129-56-70-77(81(119-5)88(124-10)101(115)133-70)148-105-91(127-13)83(121-7)75(68(136-105)54-117-3)146-103-89(125-11)82(120-6)74(67(134-103)53-116-2)145-104-90(126-12)84(122-8)76(69(135-104)55-118-4)147-106-92(128-14)85(123-9)78(71(137-106)57-130-95(109)60-38-24-17-25-39-60)149-107-94(143-100(114)65-48-34-22-35-49-65)87(141-98(112)63-44-30-20-31-45-63)80(72(138-107)58-131-96(110)61-40-26-18-27-41-61)150-108-93(142-99(113)64-46-32-21-33-47-64)86(140-97(111)62-42-28-19-29-43-62)79-73(139-108)59-132-102(144-79)66-50-36-23-37-51-66/h17-51,67-94,101-108,115H,15-16,52-59H2,1-14H3/t67?,68?,69?,70?,71?,72?,73?,74-,75-,76-,77-,78-,79-,80-,81?,82?,83?,84?,85?,86?,87?,88?,89?,90?,91?,92?,93?,94?,101-,102?,103?,104+,105+,106-,107+,108-/m1/s1. The minimum Gasteiger partial charge on any atom is -0.459 e. The number of carbonyl (C=O) groups excluding carboxylic acids is 6. The first kappa shape index (κ1) is 114. The number of methoxy groups -OCH3 is 13. The number of rotatable bonds is 48. The third kappa shape index (κ3) is 27.4. The predicted molar refractivity (Wildman–Crippen MR) is 517 cm³/mol. The third-order valence-electron chi connectivity index (χ3n) is 27.1. The zero-order chi connectivity index (χ0) is 106. The van der Waals surface area contributed by atoms with Crippen molar-refractivity contribution in [2.75, 3.05) is 145 Å². The maximum absolute atomic E-state index is 15.6. The Balaban J connectivity index is 0.762. The van der Waals surface area contributed by atoms with E-state index in [9.17, 15) is 19.5 Å². The molecule has 8 fully saturated rings. The number of aliphatic hydroxyl groups is 1. The summed E-state index contributed by atoms with van der Waals surface area (Å²) in [6, 6.07) is 56.2. The first-order valence-corrected chi connectivity index (χ1v) is 49.5. The van der Waals surface area contributed by atoms with Crippen molar-refractivity contribution in [3.8, 4) is 0 Å². The van der Waals surface area contributed by atoms with Gasteiger partial charge in [-0.2, -0.15) is 0 Å². The van der Waals surface area contributed by atoms with Gasteiger partial charge in [0.1, 0.15) is 160 Å². The number of esters is 6. The number of hydrogen-bond acceptors (Lipinski definition) is 42. The molecule has 0 radical (unpaired) electrons. The summed E-state index contributed by atoms with van der Waals surface area (Å²) in [5, 5.41) is 11.2. The molecular weight excluding hydrogens is 1970 g/mol. The first-order valence-electron chi connectivity index (χ1n) is 49.5. The van der Waals surface area contributed by atoms with Crippen LogP contribution >= 0.6 is 0 Å². The van der Waals surface area contributed by atoms with Crippen LogP contribution in [0.5, 0.6) is 0 Å². The van der Waals surface area contributed by atoms with Crippen LogP contribution in [0.2, 0.25) is 0 Å². The Morgan fingerprint density at radius 1 is 0.267 bits per heavy atom. The van der Waals surface area contributed by atoms with Gasteiger partial charge >= 0.3 is 35.8 Å². The van der Waals surface area contributed by atoms with Gasteiger partial charge in [0, 0.05) is 105 Å². The van der Waals surface area contributed by atoms with Crippen LogP contribution in [0.1, 0.15) is 93.8 Å². The monoisotopic (exact) mass is 2100 g/mol. The maximum Gasteiger partial charge on any atom is 0.338 e. The zero-order valence-corrected chi connectivity index (χ0v) is 85.7. The molecule has 0 bridgehead atoms. The molecule has 42 nitrogen and oxygen atoms in total. The van der Waals surface area contributed by atoms with E-state index in [1.165, 1.54) is 165 Å². The lowest BCUT2D eigenvalue weighted by atomic mass is 9.94. The van der Waals surface area contributed by atoms with Crippen LogP contribution in [0.15, 0.2) is 212 Å². The molecule has 8 aliphatic rings. The van der Waals surface area contributed by atoms with Crippen LogP contribution in [0.25, 0.3) is 0 Å². The average molecular weight is 2100 g/mol. The first-order chi connectivity index (χ1) is 73.2. The summed E-state index contributed by atoms with van der Waals surface area (Å²) >= 11 is 0. The molecule has 42 heteroatoms. The SMILES string of the molecule is CCCCOCC1O[C@@H](O)C(OC)C(OC)[C@@H]1O[C@@H]1OC(COC)[C@@H](OC2OC(COC)[C@@H](O[C@@H]3OC(COC)[C@@H](O[C@H]4OC(COC(=O)c5ccccc5)[C@@H](O[C@@H]5OC(COC(=O)c6ccccc6)[C@@H](O[C@H]6OC7COC(c8ccccc8)O[C@H]7C(OC(=O)c7ccccc7)C6OC(=O)c6ccccc6)C(OC(=O)c6ccccc6)C5OC(=O)c5ccccc5)C(OC)C4OC)C(OC)C3OC)C(OC)C2OC)C(OC)C1OC. The van der Waals surface area contributed by atoms with Gasteiger partial charge in [0.15, 0.2) is 74.7 Å². The van der Waals surface area contributed by atoms with Crippen molar-refractivity contribution in [2.45, 2.75) is 241 Å². The van der Waals surface area contributed by atoms with Crippen molar-refractivity contribution in [1.82, 2.24) is 0 Å². The Bertz CT molecular complexity index is 5230. The Hall–Kier alpha value is -9.84. The number of fused-ring (bicyclic) bond motifs is 1. The molecule has 0 aliphatic carbocycles. The van der Waals surface area contributed by atoms with Crippen molar-refractivity contribution >= 4 is 35.8 Å². The normalized spacial score (nSPS) is 34.0. The van der Waals surface area contributed by atoms with Crippen LogP contribution in [0, 0.1) is 0 Å². The van der Waals surface area contributed by atoms with Gasteiger partial charge in [-0.05, 0) is 79.2 Å². The quantitative estimate of drug-likeness (QED) is 0.0214. The maximum atomic E-state index is 15.6. The van der Waals surface area contributed by atoms with Gasteiger partial charge in [-0.1, -0.05) is 153 Å². The summed E-state index contributed by atoms with van der Waals surface area (Å²) in [5.41, 5.74) is 0.752. The van der Waals surface area contributed by atoms with Crippen molar-refractivity contribution in [1.29, 1.82) is 0 Å². The fourth-order valence-corrected chi connectivity index (χ4v) is 19.7. The summed E-state index contributed by atoms with van der Waals surface area (Å²) in [7, 11) is 18.6. The van der Waals surface area contributed by atoms with E-state index in [0.717, 1.165) is 12.8 Å². The molecule has 0 spiro atoms. The Labute approximate surface area is 869 Å². The fraction of sp³-hybridized carbons (Fsp3) is 0.556. The van der Waals surface area contributed by atoms with Crippen LogP contribution in [0.3, 0.4) is 0 Å². The van der Waals surface area contributed by atoms with Crippen LogP contribution in [-0.4, -0.2) is 401 Å². The second-order valence-electron chi connectivity index (χ2n) is 36.3. The highest BCUT2D eigenvalue weighted by atomic mass is 16.8. The number of benzene rings is 7. The molecule has 150 heavy (non-hydrogen) atoms. The second-order valence-corrected chi connectivity index (χ2v) is 36.3. The van der Waals surface area contributed by atoms with Gasteiger partial charge < -0.3 is 171 Å². The Kier molecular flexibility index (Phi) is 42.9. The Morgan fingerprint density at radius 2 is 0.527 bits per heavy atom. The highest BCUT2D eigenvalue weighted by Crippen LogP contribution is 2.46. The fourth-order valence-electron chi connectivity index (χ4n) is 19.7. The molecule has 1 N–H and O–H groups in total. The van der Waals surface area contributed by atoms with E-state index in [2.05, 4.69) is 0 Å². The number of ether oxygens (including phenoxy) is 35. The number of aliphatic hydroxyl groups excluding tert-OH is 1. The van der Waals surface area contributed by atoms with Crippen LogP contribution in [-0.2, 0) is 166 Å². The summed E-state index contributed by atoms with van der Waals surface area (Å²) in [6.45, 7) is 0.126. The van der Waals surface area contributed by atoms with E-state index in [-0.39, 0.29) is 66.4 Å². The highest BCUT2D eigenvalue weighted by molar-refractivity contribution is 5.92. The number of carbonyl (C=O) groups is 6. The smallest absolute Gasteiger partial charge is 0.338 e. The van der Waals surface area contributed by atoms with E-state index in [1.807, 2.05) is 6.92 Å². The van der Waals surface area contributed by atoms with E-state index in [1.54, 1.807) is 140 Å². The molecule has 15 rings (SSSR count). The van der Waals surface area contributed by atoms with Gasteiger partial charge in [-0.25, -0.2) is 28.8 Å². The predicted octanol–water partition coefficient (Wildman–Crippen LogP) is 8.00. The molecule has 0 amide bonds. The topological polar surface area (TPSA) is 446 Å². The molecule has 8 aliphatic heterocycles. The third-order valence-corrected chi connectivity index (χ3v) is 27.1. The van der Waals surface area contributed by atoms with Crippen LogP contribution in [0.4, 0.5) is 0 Å². The minimum atomic E-state index is -2.12. The van der Waals surface area contributed by atoms with Gasteiger partial charge in [-0.15, -0.1) is 0 Å². The van der Waals surface area contributed by atoms with E-state index >= 15 is 14.4 Å². The van der Waals surface area contributed by atoms with E-state index in [0.29, 0.717) is 12.2 Å². The molecular formula is C108H134O42. The lowest BCUT2D eigenvalue weighted by molar-refractivity contribution is -0.404. The van der Waals surface area contributed by atoms with E-state index < -0.39 is 270 Å². The summed E-state index contributed by atoms with van der Waals surface area (Å²) in [6.07, 6.45) is -48.5. The Morgan fingerprint density at radius 3 is 0.840 bits per heavy atom. The summed E-state index contributed by atoms with van der Waals surface area (Å²) in [4.78, 5) is 90.5. The van der Waals surface area contributed by atoms with Gasteiger partial charge in [0.2, 0.25) is 0 Å². The largest absolute Gasteiger partial charge is 0.459 e. The molecule has 0 aromatic heterocycles. The summed E-state index contributed by atoms with van der Waals surface area (Å²) in [5.74, 6) is -5.75. The van der Waals surface area contributed by atoms with Crippen molar-refractivity contribution in [3.63, 3.8) is 0 Å². The number of unbranched alkanes of at least 4 members (excludes halogenated alkanes) is 1. The van der Waals surface area contributed by atoms with Crippen molar-refractivity contribution < 1.29 is 200 Å². The molecule has 7 aromatic carbocycles. The second kappa shape index (κ2) is 56.3. The molecule has 8 heterocycles. The van der Waals surface area contributed by atoms with Gasteiger partial charge in [-0.3, -0.25) is 0 Å². The van der Waals surface area contributed by atoms with Gasteiger partial charge in [0.05, 0.1) is 66.4 Å². The molecule has 23 unspecified atom stereocenters. The average Bonchev–Trinajstić information content (AvgIpc) is 0.748. The lowest BCUT2D eigenvalue weighted by Crippen LogP contribution is -2.70. The van der Waals surface area contributed by atoms with Crippen molar-refractivity contribution in [3.05, 3.63) is 251 Å². The lowest BCUT2D eigenvalue weighted by Gasteiger charge is -2.52. The highest BCUT2D eigenvalue weighted by Gasteiger charge is 2.64. The minimum absolute atomic E-state index is 0.0205. The van der Waals surface area contributed by atoms with Gasteiger partial charge in [0.25, 0.3) is 0 Å². The molecule has 7 aromatic rings. The molecule has 0 saturated carbocycles. The molecule has 36 atom stereocenters. The molecule has 8 saturated heterocycles. The van der Waals surface area contributed by atoms with E-state index in [4.69, 9.17) is 166 Å². The number of hydrogen-bond donors (Lipinski definition) is 1. The zero-order valence-electron chi connectivity index (χ0n) is 85.7. The summed E-state index contributed by atoms with van der Waals surface area (Å²) < 4.78 is 230.